The molecule has 2 aromatic rings. The van der Waals surface area contributed by atoms with E-state index in [4.69, 9.17) is 9.84 Å². The van der Waals surface area contributed by atoms with E-state index in [1.54, 1.807) is 23.9 Å². The van der Waals surface area contributed by atoms with Gasteiger partial charge in [-0.3, -0.25) is 10.1 Å². The molecule has 1 N–H and O–H groups in total. The van der Waals surface area contributed by atoms with Crippen LogP contribution in [0.3, 0.4) is 0 Å². The van der Waals surface area contributed by atoms with Gasteiger partial charge in [0.2, 0.25) is 0 Å². The van der Waals surface area contributed by atoms with Gasteiger partial charge >= 0.3 is 0 Å². The first kappa shape index (κ1) is 15.3. The van der Waals surface area contributed by atoms with Gasteiger partial charge in [0.1, 0.15) is 5.75 Å². The molecule has 2 rings (SSSR count). The summed E-state index contributed by atoms with van der Waals surface area (Å²) in [5.41, 5.74) is 1.72. The molecule has 0 aliphatic carbocycles. The molecular weight excluding hydrogens is 290 g/mol. The summed E-state index contributed by atoms with van der Waals surface area (Å²) in [6.07, 6.45) is 0. The molecular formula is C15H15NO4S. The Hall–Kier alpha value is -2.05. The van der Waals surface area contributed by atoms with E-state index in [2.05, 4.69) is 0 Å². The normalized spacial score (nSPS) is 10.4. The summed E-state index contributed by atoms with van der Waals surface area (Å²) >= 11 is 1.57. The number of non-ortho nitro benzene ring substituents is 1. The molecule has 0 heterocycles. The Balaban J connectivity index is 2.11. The van der Waals surface area contributed by atoms with Crippen LogP contribution in [0.1, 0.15) is 11.1 Å². The van der Waals surface area contributed by atoms with Crippen molar-refractivity contribution in [2.24, 2.45) is 0 Å². The topological polar surface area (TPSA) is 72.6 Å². The molecule has 6 heteroatoms. The number of thioether (sulfide) groups is 1. The summed E-state index contributed by atoms with van der Waals surface area (Å²) in [5, 5.41) is 19.9. The summed E-state index contributed by atoms with van der Waals surface area (Å²) in [5.74, 6) is 1.09. The number of nitro groups is 1. The average Bonchev–Trinajstić information content (AvgIpc) is 2.53. The van der Waals surface area contributed by atoms with Gasteiger partial charge in [-0.25, -0.2) is 0 Å². The van der Waals surface area contributed by atoms with E-state index in [1.165, 1.54) is 13.2 Å². The maximum Gasteiger partial charge on any atom is 0.273 e. The molecule has 5 nitrogen and oxygen atoms in total. The molecule has 2 aromatic carbocycles. The number of hydrogen-bond acceptors (Lipinski definition) is 5. The largest absolute Gasteiger partial charge is 0.496 e. The highest BCUT2D eigenvalue weighted by Gasteiger charge is 2.10. The number of nitrogens with zero attached hydrogens (tertiary/aromatic N) is 1. The van der Waals surface area contributed by atoms with Crippen molar-refractivity contribution < 1.29 is 14.8 Å². The zero-order valence-corrected chi connectivity index (χ0v) is 12.3. The van der Waals surface area contributed by atoms with E-state index in [1.807, 2.05) is 24.3 Å². The molecule has 0 saturated heterocycles. The van der Waals surface area contributed by atoms with Crippen LogP contribution in [0.2, 0.25) is 0 Å². The fraction of sp³-hybridized carbons (Fsp3) is 0.200. The van der Waals surface area contributed by atoms with Crippen LogP contribution < -0.4 is 4.74 Å². The van der Waals surface area contributed by atoms with Crippen LogP contribution in [-0.2, 0) is 12.4 Å². The third-order valence-electron chi connectivity index (χ3n) is 2.91. The van der Waals surface area contributed by atoms with Crippen molar-refractivity contribution in [2.45, 2.75) is 17.3 Å². The van der Waals surface area contributed by atoms with E-state index >= 15 is 0 Å². The number of aliphatic hydroxyl groups is 1. The first-order chi connectivity index (χ1) is 10.1. The van der Waals surface area contributed by atoms with Gasteiger partial charge in [-0.1, -0.05) is 12.1 Å². The highest BCUT2D eigenvalue weighted by molar-refractivity contribution is 7.98. The molecule has 0 radical (unpaired) electrons. The van der Waals surface area contributed by atoms with Crippen LogP contribution in [0, 0.1) is 10.1 Å². The van der Waals surface area contributed by atoms with Gasteiger partial charge in [0.05, 0.1) is 24.7 Å². The molecule has 0 aliphatic heterocycles. The highest BCUT2D eigenvalue weighted by Crippen LogP contribution is 2.28. The lowest BCUT2D eigenvalue weighted by Gasteiger charge is -2.06. The van der Waals surface area contributed by atoms with Crippen LogP contribution in [0.5, 0.6) is 5.75 Å². The summed E-state index contributed by atoms with van der Waals surface area (Å²) in [4.78, 5) is 11.5. The summed E-state index contributed by atoms with van der Waals surface area (Å²) in [7, 11) is 1.49. The number of ether oxygens (including phenoxy) is 1. The Kier molecular flexibility index (Phi) is 5.19. The van der Waals surface area contributed by atoms with Crippen molar-refractivity contribution in [3.8, 4) is 5.75 Å². The van der Waals surface area contributed by atoms with Crippen molar-refractivity contribution in [1.82, 2.24) is 0 Å². The van der Waals surface area contributed by atoms with E-state index in [-0.39, 0.29) is 12.3 Å². The number of nitro benzene ring substituents is 1. The SMILES string of the molecule is COc1cc(CSc2ccc(CO)cc2)cc([N+](=O)[O-])c1. The Morgan fingerprint density at radius 1 is 1.19 bits per heavy atom. The zero-order chi connectivity index (χ0) is 15.2. The minimum Gasteiger partial charge on any atom is -0.496 e. The lowest BCUT2D eigenvalue weighted by molar-refractivity contribution is -0.385. The molecule has 0 bridgehead atoms. The van der Waals surface area contributed by atoms with Gasteiger partial charge in [0.15, 0.2) is 0 Å². The van der Waals surface area contributed by atoms with Crippen LogP contribution in [0.4, 0.5) is 5.69 Å². The number of benzene rings is 2. The first-order valence-corrected chi connectivity index (χ1v) is 7.26. The van der Waals surface area contributed by atoms with Crippen molar-refractivity contribution in [1.29, 1.82) is 0 Å². The zero-order valence-electron chi connectivity index (χ0n) is 11.5. The molecule has 0 unspecified atom stereocenters. The maximum atomic E-state index is 10.9. The third kappa shape index (κ3) is 4.21. The van der Waals surface area contributed by atoms with E-state index in [9.17, 15) is 10.1 Å². The summed E-state index contributed by atoms with van der Waals surface area (Å²) in [6, 6.07) is 12.3. The molecule has 21 heavy (non-hydrogen) atoms. The van der Waals surface area contributed by atoms with Gasteiger partial charge in [-0.2, -0.15) is 0 Å². The fourth-order valence-corrected chi connectivity index (χ4v) is 2.64. The standard InChI is InChI=1S/C15H15NO4S/c1-20-14-7-12(6-13(8-14)16(18)19)10-21-15-4-2-11(9-17)3-5-15/h2-8,17H,9-10H2,1H3. The number of methoxy groups -OCH3 is 1. The van der Waals surface area contributed by atoms with E-state index in [0.29, 0.717) is 11.5 Å². The first-order valence-electron chi connectivity index (χ1n) is 6.27. The second-order valence-corrected chi connectivity index (χ2v) is 5.44. The van der Waals surface area contributed by atoms with Gasteiger partial charge < -0.3 is 9.84 Å². The highest BCUT2D eigenvalue weighted by atomic mass is 32.2. The van der Waals surface area contributed by atoms with Gasteiger partial charge in [0.25, 0.3) is 5.69 Å². The predicted molar refractivity (Wildman–Crippen MR) is 81.6 cm³/mol. The second kappa shape index (κ2) is 7.10. The summed E-state index contributed by atoms with van der Waals surface area (Å²) < 4.78 is 5.09. The van der Waals surface area contributed by atoms with Gasteiger partial charge in [0, 0.05) is 16.7 Å². The maximum absolute atomic E-state index is 10.9. The molecule has 0 spiro atoms. The average molecular weight is 305 g/mol. The van der Waals surface area contributed by atoms with Crippen molar-refractivity contribution in [3.63, 3.8) is 0 Å². The monoisotopic (exact) mass is 305 g/mol. The second-order valence-electron chi connectivity index (χ2n) is 4.39. The smallest absolute Gasteiger partial charge is 0.273 e. The molecule has 0 amide bonds. The van der Waals surface area contributed by atoms with Gasteiger partial charge in [-0.15, -0.1) is 11.8 Å². The van der Waals surface area contributed by atoms with Crippen molar-refractivity contribution in [3.05, 3.63) is 63.7 Å². The number of hydrogen-bond donors (Lipinski definition) is 1. The third-order valence-corrected chi connectivity index (χ3v) is 3.99. The minimum absolute atomic E-state index is 0.0209. The lowest BCUT2D eigenvalue weighted by Crippen LogP contribution is -1.93. The van der Waals surface area contributed by atoms with Gasteiger partial charge in [-0.05, 0) is 29.3 Å². The number of aliphatic hydroxyl groups excluding tert-OH is 1. The van der Waals surface area contributed by atoms with Crippen LogP contribution in [-0.4, -0.2) is 17.1 Å². The lowest BCUT2D eigenvalue weighted by atomic mass is 10.2. The van der Waals surface area contributed by atoms with Crippen molar-refractivity contribution in [2.75, 3.05) is 7.11 Å². The van der Waals surface area contributed by atoms with E-state index in [0.717, 1.165) is 16.0 Å². The van der Waals surface area contributed by atoms with Crippen LogP contribution >= 0.6 is 11.8 Å². The molecule has 110 valence electrons. The molecule has 0 atom stereocenters. The van der Waals surface area contributed by atoms with E-state index < -0.39 is 4.92 Å². The van der Waals surface area contributed by atoms with Crippen LogP contribution in [0.15, 0.2) is 47.4 Å². The quantitative estimate of drug-likeness (QED) is 0.503. The minimum atomic E-state index is -0.424. The Labute approximate surface area is 126 Å². The predicted octanol–water partition coefficient (Wildman–Crippen LogP) is 3.39. The Bertz CT molecular complexity index is 628. The molecule has 0 saturated carbocycles. The molecule has 0 fully saturated rings. The molecule has 0 aliphatic rings. The van der Waals surface area contributed by atoms with Crippen molar-refractivity contribution >= 4 is 17.4 Å². The summed E-state index contributed by atoms with van der Waals surface area (Å²) in [6.45, 7) is 0.0209. The Morgan fingerprint density at radius 2 is 1.90 bits per heavy atom. The van der Waals surface area contributed by atoms with Crippen LogP contribution in [0.25, 0.3) is 0 Å². The number of rotatable bonds is 6. The fourth-order valence-electron chi connectivity index (χ4n) is 1.81. The Morgan fingerprint density at radius 3 is 2.48 bits per heavy atom. The molecule has 0 aromatic heterocycles.